The van der Waals surface area contributed by atoms with Gasteiger partial charge in [-0.05, 0) is 24.3 Å². The van der Waals surface area contributed by atoms with E-state index < -0.39 is 0 Å². The van der Waals surface area contributed by atoms with Crippen molar-refractivity contribution >= 4 is 11.5 Å². The lowest BCUT2D eigenvalue weighted by Crippen LogP contribution is -2.20. The van der Waals surface area contributed by atoms with Crippen LogP contribution < -0.4 is 10.6 Å². The maximum atomic E-state index is 5.63. The smallest absolute Gasteiger partial charge is 0.125 e. The first-order valence-corrected chi connectivity index (χ1v) is 5.09. The van der Waals surface area contributed by atoms with Gasteiger partial charge < -0.3 is 10.6 Å². The standard InChI is InChI=1S/C11H17N3/c1-8-5-9(8)7-14(2)10-3-4-13-11(12)6-10/h3-4,6,8-9H,5,7H2,1-2H3,(H2,12,13). The van der Waals surface area contributed by atoms with Crippen molar-refractivity contribution in [2.45, 2.75) is 13.3 Å². The summed E-state index contributed by atoms with van der Waals surface area (Å²) in [5.74, 6) is 2.37. The van der Waals surface area contributed by atoms with E-state index in [4.69, 9.17) is 5.73 Å². The molecule has 2 N–H and O–H groups in total. The Kier molecular flexibility index (Phi) is 2.32. The van der Waals surface area contributed by atoms with Crippen molar-refractivity contribution in [3.63, 3.8) is 0 Å². The molecule has 0 aliphatic heterocycles. The molecule has 1 aromatic heterocycles. The molecule has 0 radical (unpaired) electrons. The minimum atomic E-state index is 0.596. The summed E-state index contributed by atoms with van der Waals surface area (Å²) in [5.41, 5.74) is 6.80. The Morgan fingerprint density at radius 2 is 2.36 bits per heavy atom. The Bertz CT molecular complexity index is 324. The lowest BCUT2D eigenvalue weighted by Gasteiger charge is -2.19. The molecule has 76 valence electrons. The van der Waals surface area contributed by atoms with Crippen molar-refractivity contribution in [2.24, 2.45) is 11.8 Å². The van der Waals surface area contributed by atoms with Crippen LogP contribution in [0.15, 0.2) is 18.3 Å². The van der Waals surface area contributed by atoms with Crippen LogP contribution in [0.2, 0.25) is 0 Å². The van der Waals surface area contributed by atoms with Gasteiger partial charge in [-0.25, -0.2) is 4.98 Å². The molecule has 2 rings (SSSR count). The average Bonchev–Trinajstić information content (AvgIpc) is 2.81. The number of nitrogens with two attached hydrogens (primary N) is 1. The van der Waals surface area contributed by atoms with Crippen LogP contribution in [-0.4, -0.2) is 18.6 Å². The molecule has 1 aliphatic rings. The molecule has 0 saturated heterocycles. The third kappa shape index (κ3) is 1.97. The zero-order valence-electron chi connectivity index (χ0n) is 8.77. The normalized spacial score (nSPS) is 24.7. The van der Waals surface area contributed by atoms with Gasteiger partial charge in [-0.15, -0.1) is 0 Å². The van der Waals surface area contributed by atoms with Gasteiger partial charge in [0.1, 0.15) is 5.82 Å². The first-order chi connectivity index (χ1) is 6.66. The van der Waals surface area contributed by atoms with Gasteiger partial charge in [-0.3, -0.25) is 0 Å². The highest BCUT2D eigenvalue weighted by Gasteiger charge is 2.33. The zero-order chi connectivity index (χ0) is 10.1. The Hall–Kier alpha value is -1.25. The van der Waals surface area contributed by atoms with Crippen LogP contribution in [0.3, 0.4) is 0 Å². The molecule has 0 aromatic carbocycles. The van der Waals surface area contributed by atoms with E-state index in [1.54, 1.807) is 6.20 Å². The second-order valence-electron chi connectivity index (χ2n) is 4.29. The maximum absolute atomic E-state index is 5.63. The van der Waals surface area contributed by atoms with Crippen LogP contribution in [0.5, 0.6) is 0 Å². The maximum Gasteiger partial charge on any atom is 0.125 e. The van der Waals surface area contributed by atoms with E-state index in [9.17, 15) is 0 Å². The van der Waals surface area contributed by atoms with Crippen molar-refractivity contribution in [1.82, 2.24) is 4.98 Å². The molecule has 3 heteroatoms. The molecule has 1 aliphatic carbocycles. The van der Waals surface area contributed by atoms with Gasteiger partial charge >= 0.3 is 0 Å². The van der Waals surface area contributed by atoms with Crippen LogP contribution in [0.25, 0.3) is 0 Å². The molecule has 1 saturated carbocycles. The van der Waals surface area contributed by atoms with Crippen LogP contribution in [-0.2, 0) is 0 Å². The van der Waals surface area contributed by atoms with E-state index in [2.05, 4.69) is 23.9 Å². The highest BCUT2D eigenvalue weighted by molar-refractivity contribution is 5.51. The Morgan fingerprint density at radius 3 is 2.93 bits per heavy atom. The van der Waals surface area contributed by atoms with E-state index >= 15 is 0 Å². The summed E-state index contributed by atoms with van der Waals surface area (Å²) in [6, 6.07) is 3.93. The highest BCUT2D eigenvalue weighted by Crippen LogP contribution is 2.38. The third-order valence-electron chi connectivity index (χ3n) is 2.99. The molecule has 14 heavy (non-hydrogen) atoms. The Balaban J connectivity index is 2.00. The number of anilines is 2. The predicted octanol–water partition coefficient (Wildman–Crippen LogP) is 1.76. The number of rotatable bonds is 3. The third-order valence-corrected chi connectivity index (χ3v) is 2.99. The number of aromatic nitrogens is 1. The van der Waals surface area contributed by atoms with Crippen molar-refractivity contribution in [1.29, 1.82) is 0 Å². The summed E-state index contributed by atoms with van der Waals surface area (Å²) in [4.78, 5) is 6.24. The van der Waals surface area contributed by atoms with E-state index in [1.807, 2.05) is 12.1 Å². The summed E-state index contributed by atoms with van der Waals surface area (Å²) < 4.78 is 0. The van der Waals surface area contributed by atoms with Gasteiger partial charge in [0.15, 0.2) is 0 Å². The van der Waals surface area contributed by atoms with E-state index in [1.165, 1.54) is 6.42 Å². The summed E-state index contributed by atoms with van der Waals surface area (Å²) >= 11 is 0. The molecule has 3 nitrogen and oxygen atoms in total. The summed E-state index contributed by atoms with van der Waals surface area (Å²) in [6.07, 6.45) is 3.13. The molecule has 2 atom stereocenters. The van der Waals surface area contributed by atoms with Gasteiger partial charge in [0.05, 0.1) is 0 Å². The molecule has 0 bridgehead atoms. The second kappa shape index (κ2) is 3.48. The molecule has 1 heterocycles. The molecule has 0 spiro atoms. The van der Waals surface area contributed by atoms with Crippen LogP contribution in [0.1, 0.15) is 13.3 Å². The van der Waals surface area contributed by atoms with Crippen molar-refractivity contribution in [2.75, 3.05) is 24.2 Å². The SMILES string of the molecule is CC1CC1CN(C)c1ccnc(N)c1. The van der Waals surface area contributed by atoms with Crippen LogP contribution >= 0.6 is 0 Å². The second-order valence-corrected chi connectivity index (χ2v) is 4.29. The summed E-state index contributed by atoms with van der Waals surface area (Å²) in [5, 5.41) is 0. The number of hydrogen-bond acceptors (Lipinski definition) is 3. The lowest BCUT2D eigenvalue weighted by atomic mass is 10.3. The largest absolute Gasteiger partial charge is 0.384 e. The quantitative estimate of drug-likeness (QED) is 0.791. The summed E-state index contributed by atoms with van der Waals surface area (Å²) in [6.45, 7) is 3.43. The van der Waals surface area contributed by atoms with E-state index in [0.717, 1.165) is 24.1 Å². The minimum Gasteiger partial charge on any atom is -0.384 e. The van der Waals surface area contributed by atoms with E-state index in [-0.39, 0.29) is 0 Å². The van der Waals surface area contributed by atoms with Gasteiger partial charge in [-0.2, -0.15) is 0 Å². The Labute approximate surface area is 84.9 Å². The first-order valence-electron chi connectivity index (χ1n) is 5.09. The fraction of sp³-hybridized carbons (Fsp3) is 0.545. The van der Waals surface area contributed by atoms with Crippen LogP contribution in [0.4, 0.5) is 11.5 Å². The highest BCUT2D eigenvalue weighted by atomic mass is 15.1. The fourth-order valence-corrected chi connectivity index (χ4v) is 1.78. The van der Waals surface area contributed by atoms with Crippen LogP contribution in [0, 0.1) is 11.8 Å². The number of nitrogens with zero attached hydrogens (tertiary/aromatic N) is 2. The van der Waals surface area contributed by atoms with Gasteiger partial charge in [0.25, 0.3) is 0 Å². The fourth-order valence-electron chi connectivity index (χ4n) is 1.78. The monoisotopic (exact) mass is 191 g/mol. The van der Waals surface area contributed by atoms with Crippen molar-refractivity contribution < 1.29 is 0 Å². The summed E-state index contributed by atoms with van der Waals surface area (Å²) in [7, 11) is 2.11. The first kappa shape index (κ1) is 9.31. The Morgan fingerprint density at radius 1 is 1.64 bits per heavy atom. The predicted molar refractivity (Wildman–Crippen MR) is 59.2 cm³/mol. The molecule has 2 unspecified atom stereocenters. The molecule has 1 aromatic rings. The minimum absolute atomic E-state index is 0.596. The number of pyridine rings is 1. The zero-order valence-corrected chi connectivity index (χ0v) is 8.77. The van der Waals surface area contributed by atoms with Crippen molar-refractivity contribution in [3.05, 3.63) is 18.3 Å². The molecule has 1 fully saturated rings. The number of nitrogen functional groups attached to an aromatic ring is 1. The lowest BCUT2D eigenvalue weighted by molar-refractivity contribution is 0.725. The van der Waals surface area contributed by atoms with Gasteiger partial charge in [0, 0.05) is 31.5 Å². The van der Waals surface area contributed by atoms with Gasteiger partial charge in [0.2, 0.25) is 0 Å². The molecular formula is C11H17N3. The topological polar surface area (TPSA) is 42.2 Å². The van der Waals surface area contributed by atoms with E-state index in [0.29, 0.717) is 5.82 Å². The average molecular weight is 191 g/mol. The molecular weight excluding hydrogens is 174 g/mol. The molecule has 0 amide bonds. The van der Waals surface area contributed by atoms with Crippen molar-refractivity contribution in [3.8, 4) is 0 Å². The number of hydrogen-bond donors (Lipinski definition) is 1. The van der Waals surface area contributed by atoms with Gasteiger partial charge in [-0.1, -0.05) is 6.92 Å².